The van der Waals surface area contributed by atoms with Gasteiger partial charge in [0.2, 0.25) is 5.90 Å². The smallest absolute Gasteiger partial charge is 0.363 e. The molecule has 29 heavy (non-hydrogen) atoms. The fraction of sp³-hybridized carbons (Fsp3) is 0. The van der Waals surface area contributed by atoms with E-state index in [0.29, 0.717) is 16.9 Å². The van der Waals surface area contributed by atoms with E-state index in [1.54, 1.807) is 54.6 Å². The predicted molar refractivity (Wildman–Crippen MR) is 118 cm³/mol. The van der Waals surface area contributed by atoms with E-state index in [1.807, 2.05) is 30.3 Å². The molecule has 5 nitrogen and oxygen atoms in total. The molecule has 0 saturated heterocycles. The summed E-state index contributed by atoms with van der Waals surface area (Å²) in [5.41, 5.74) is 2.04. The third-order valence-corrected chi connectivity index (χ3v) is 4.81. The lowest BCUT2D eigenvalue weighted by Crippen LogP contribution is -2.08. The van der Waals surface area contributed by atoms with Gasteiger partial charge in [0, 0.05) is 9.13 Å². The lowest BCUT2D eigenvalue weighted by molar-refractivity contribution is -0.129. The van der Waals surface area contributed by atoms with Gasteiger partial charge in [0.25, 0.3) is 0 Å². The summed E-state index contributed by atoms with van der Waals surface area (Å²) >= 11 is 2.20. The number of aliphatic imine (C=N–C) groups is 1. The molecule has 6 heteroatoms. The van der Waals surface area contributed by atoms with E-state index in [9.17, 15) is 9.59 Å². The SMILES string of the molecule is O=C1OC(c2ccc(I)cc2)=N/C1=C\c1cccc(OC(=O)c2ccccc2)c1. The maximum atomic E-state index is 12.2. The normalized spacial score (nSPS) is 14.4. The summed E-state index contributed by atoms with van der Waals surface area (Å²) in [6, 6.07) is 23.1. The third kappa shape index (κ3) is 4.60. The molecule has 1 heterocycles. The molecular weight excluding hydrogens is 481 g/mol. The molecule has 0 N–H and O–H groups in total. The van der Waals surface area contributed by atoms with Crippen molar-refractivity contribution in [3.05, 3.63) is 105 Å². The summed E-state index contributed by atoms with van der Waals surface area (Å²) < 4.78 is 11.8. The van der Waals surface area contributed by atoms with Gasteiger partial charge in [-0.2, -0.15) is 0 Å². The number of benzene rings is 3. The minimum atomic E-state index is -0.523. The summed E-state index contributed by atoms with van der Waals surface area (Å²) in [5.74, 6) is -0.328. The van der Waals surface area contributed by atoms with Gasteiger partial charge in [-0.25, -0.2) is 14.6 Å². The Morgan fingerprint density at radius 3 is 2.48 bits per heavy atom. The van der Waals surface area contributed by atoms with Crippen LogP contribution in [0.5, 0.6) is 5.75 Å². The van der Waals surface area contributed by atoms with Crippen molar-refractivity contribution < 1.29 is 19.1 Å². The quantitative estimate of drug-likeness (QED) is 0.225. The minimum Gasteiger partial charge on any atom is -0.423 e. The summed E-state index contributed by atoms with van der Waals surface area (Å²) in [6.45, 7) is 0. The first kappa shape index (κ1) is 19.1. The number of carbonyl (C=O) groups excluding carboxylic acids is 2. The molecule has 0 fully saturated rings. The van der Waals surface area contributed by atoms with Crippen molar-refractivity contribution in [2.24, 2.45) is 4.99 Å². The zero-order valence-electron chi connectivity index (χ0n) is 15.0. The second-order valence-electron chi connectivity index (χ2n) is 6.17. The highest BCUT2D eigenvalue weighted by atomic mass is 127. The minimum absolute atomic E-state index is 0.185. The van der Waals surface area contributed by atoms with Crippen LogP contribution >= 0.6 is 22.6 Å². The van der Waals surface area contributed by atoms with Crippen molar-refractivity contribution in [3.63, 3.8) is 0 Å². The molecule has 0 bridgehead atoms. The van der Waals surface area contributed by atoms with E-state index in [0.717, 1.165) is 9.13 Å². The number of cyclic esters (lactones) is 1. The zero-order chi connectivity index (χ0) is 20.2. The van der Waals surface area contributed by atoms with Gasteiger partial charge in [0.15, 0.2) is 5.70 Å². The van der Waals surface area contributed by atoms with Crippen molar-refractivity contribution in [2.75, 3.05) is 0 Å². The Bertz CT molecular complexity index is 1140. The molecule has 0 saturated carbocycles. The number of hydrogen-bond acceptors (Lipinski definition) is 5. The number of esters is 2. The van der Waals surface area contributed by atoms with E-state index < -0.39 is 11.9 Å². The molecule has 0 atom stereocenters. The number of carbonyl (C=O) groups is 2. The number of nitrogens with zero attached hydrogens (tertiary/aromatic N) is 1. The lowest BCUT2D eigenvalue weighted by Gasteiger charge is -2.05. The van der Waals surface area contributed by atoms with Gasteiger partial charge in [-0.3, -0.25) is 0 Å². The first-order valence-corrected chi connectivity index (χ1v) is 9.82. The topological polar surface area (TPSA) is 65.0 Å². The van der Waals surface area contributed by atoms with Crippen LogP contribution in [0.3, 0.4) is 0 Å². The second kappa shape index (κ2) is 8.40. The molecule has 0 radical (unpaired) electrons. The third-order valence-electron chi connectivity index (χ3n) is 4.09. The first-order chi connectivity index (χ1) is 14.1. The summed E-state index contributed by atoms with van der Waals surface area (Å²) in [4.78, 5) is 28.7. The monoisotopic (exact) mass is 495 g/mol. The number of rotatable bonds is 4. The van der Waals surface area contributed by atoms with E-state index in [2.05, 4.69) is 27.6 Å². The van der Waals surface area contributed by atoms with Gasteiger partial charge in [0.05, 0.1) is 5.56 Å². The number of hydrogen-bond donors (Lipinski definition) is 0. The Hall–Kier alpha value is -3.26. The average molecular weight is 495 g/mol. The largest absolute Gasteiger partial charge is 0.423 e. The van der Waals surface area contributed by atoms with Crippen molar-refractivity contribution in [3.8, 4) is 5.75 Å². The van der Waals surface area contributed by atoms with Gasteiger partial charge in [-0.05, 0) is 82.8 Å². The summed E-state index contributed by atoms with van der Waals surface area (Å²) in [5, 5.41) is 0. The van der Waals surface area contributed by atoms with Crippen LogP contribution in [0.1, 0.15) is 21.5 Å². The van der Waals surface area contributed by atoms with Gasteiger partial charge in [0.1, 0.15) is 5.75 Å². The lowest BCUT2D eigenvalue weighted by atomic mass is 10.2. The molecule has 0 amide bonds. The molecule has 0 aromatic heterocycles. The Balaban J connectivity index is 1.55. The van der Waals surface area contributed by atoms with E-state index >= 15 is 0 Å². The molecule has 0 spiro atoms. The molecule has 3 aromatic carbocycles. The standard InChI is InChI=1S/C23H14INO4/c24-18-11-9-16(10-12-18)21-25-20(23(27)29-21)14-15-5-4-8-19(13-15)28-22(26)17-6-2-1-3-7-17/h1-14H/b20-14-. The predicted octanol–water partition coefficient (Wildman–Crippen LogP) is 4.85. The van der Waals surface area contributed by atoms with Crippen molar-refractivity contribution in [1.29, 1.82) is 0 Å². The number of ether oxygens (including phenoxy) is 2. The highest BCUT2D eigenvalue weighted by Crippen LogP contribution is 2.22. The number of halogens is 1. The van der Waals surface area contributed by atoms with Crippen molar-refractivity contribution >= 4 is 46.5 Å². The van der Waals surface area contributed by atoms with E-state index in [4.69, 9.17) is 9.47 Å². The average Bonchev–Trinajstić information content (AvgIpc) is 3.09. The molecular formula is C23H14INO4. The first-order valence-electron chi connectivity index (χ1n) is 8.74. The zero-order valence-corrected chi connectivity index (χ0v) is 17.2. The van der Waals surface area contributed by atoms with Gasteiger partial charge in [-0.1, -0.05) is 30.3 Å². The maximum absolute atomic E-state index is 12.2. The van der Waals surface area contributed by atoms with Crippen LogP contribution in [0.25, 0.3) is 6.08 Å². The van der Waals surface area contributed by atoms with Crippen LogP contribution in [-0.4, -0.2) is 17.8 Å². The maximum Gasteiger partial charge on any atom is 0.363 e. The van der Waals surface area contributed by atoms with Crippen LogP contribution in [0.15, 0.2) is 89.6 Å². The van der Waals surface area contributed by atoms with Crippen LogP contribution in [0.2, 0.25) is 0 Å². The Labute approximate surface area is 180 Å². The van der Waals surface area contributed by atoms with Crippen molar-refractivity contribution in [1.82, 2.24) is 0 Å². The molecule has 1 aliphatic rings. The Kier molecular flexibility index (Phi) is 5.53. The molecule has 0 aliphatic carbocycles. The highest BCUT2D eigenvalue weighted by molar-refractivity contribution is 14.1. The molecule has 4 rings (SSSR count). The van der Waals surface area contributed by atoms with Crippen LogP contribution in [0.4, 0.5) is 0 Å². The summed E-state index contributed by atoms with van der Waals surface area (Å²) in [6.07, 6.45) is 1.60. The van der Waals surface area contributed by atoms with Crippen LogP contribution < -0.4 is 4.74 Å². The molecule has 3 aromatic rings. The second-order valence-corrected chi connectivity index (χ2v) is 7.42. The highest BCUT2D eigenvalue weighted by Gasteiger charge is 2.24. The van der Waals surface area contributed by atoms with Gasteiger partial charge < -0.3 is 9.47 Å². The molecule has 0 unspecified atom stereocenters. The van der Waals surface area contributed by atoms with Crippen LogP contribution in [-0.2, 0) is 9.53 Å². The van der Waals surface area contributed by atoms with Crippen molar-refractivity contribution in [2.45, 2.75) is 0 Å². The fourth-order valence-electron chi connectivity index (χ4n) is 2.69. The molecule has 142 valence electrons. The Morgan fingerprint density at radius 2 is 1.72 bits per heavy atom. The van der Waals surface area contributed by atoms with Crippen LogP contribution in [0, 0.1) is 3.57 Å². The summed E-state index contributed by atoms with van der Waals surface area (Å²) in [7, 11) is 0. The Morgan fingerprint density at radius 1 is 0.966 bits per heavy atom. The van der Waals surface area contributed by atoms with Gasteiger partial charge >= 0.3 is 11.9 Å². The van der Waals surface area contributed by atoms with Gasteiger partial charge in [-0.15, -0.1) is 0 Å². The van der Waals surface area contributed by atoms with E-state index in [-0.39, 0.29) is 11.6 Å². The van der Waals surface area contributed by atoms with E-state index in [1.165, 1.54) is 0 Å². The molecule has 1 aliphatic heterocycles. The fourth-order valence-corrected chi connectivity index (χ4v) is 3.05.